The standard InChI is InChI=1S/C24H30N4O2/c1-18(14-24(26)29)27-12-10-22(11-13-27)28(21-6-8-23(30-2)9-7-21)17-20-5-3-4-19(15-20)16-25/h3-9,15,18,22H,10-14,17H2,1-2H3,(H2,26,29). The first-order valence-electron chi connectivity index (χ1n) is 10.4. The lowest BCUT2D eigenvalue weighted by atomic mass is 9.99. The molecule has 158 valence electrons. The maximum absolute atomic E-state index is 11.3. The second kappa shape index (κ2) is 10.1. The van der Waals surface area contributed by atoms with Crippen LogP contribution in [-0.2, 0) is 11.3 Å². The number of hydrogen-bond acceptors (Lipinski definition) is 5. The number of likely N-dealkylation sites (tertiary alicyclic amines) is 1. The van der Waals surface area contributed by atoms with Crippen molar-refractivity contribution in [2.75, 3.05) is 25.1 Å². The maximum atomic E-state index is 11.3. The van der Waals surface area contributed by atoms with Gasteiger partial charge in [-0.3, -0.25) is 9.69 Å². The molecule has 1 amide bonds. The van der Waals surface area contributed by atoms with Crippen molar-refractivity contribution in [2.24, 2.45) is 5.73 Å². The zero-order chi connectivity index (χ0) is 21.5. The quantitative estimate of drug-likeness (QED) is 0.727. The normalized spacial score (nSPS) is 15.9. The third-order valence-electron chi connectivity index (χ3n) is 5.87. The molecule has 6 nitrogen and oxygen atoms in total. The monoisotopic (exact) mass is 406 g/mol. The predicted octanol–water partition coefficient (Wildman–Crippen LogP) is 3.30. The lowest BCUT2D eigenvalue weighted by Gasteiger charge is -2.41. The fourth-order valence-corrected chi connectivity index (χ4v) is 4.20. The molecule has 1 heterocycles. The van der Waals surface area contributed by atoms with Crippen molar-refractivity contribution in [1.82, 2.24) is 4.90 Å². The van der Waals surface area contributed by atoms with Crippen LogP contribution in [0.15, 0.2) is 48.5 Å². The van der Waals surface area contributed by atoms with Gasteiger partial charge in [-0.1, -0.05) is 12.1 Å². The molecule has 2 aromatic carbocycles. The number of piperidine rings is 1. The molecule has 0 saturated carbocycles. The van der Waals surface area contributed by atoms with E-state index in [0.29, 0.717) is 18.0 Å². The summed E-state index contributed by atoms with van der Waals surface area (Å²) < 4.78 is 5.32. The van der Waals surface area contributed by atoms with Gasteiger partial charge in [-0.15, -0.1) is 0 Å². The topological polar surface area (TPSA) is 82.6 Å². The van der Waals surface area contributed by atoms with Gasteiger partial charge in [-0.25, -0.2) is 0 Å². The number of nitrogens with two attached hydrogens (primary N) is 1. The van der Waals surface area contributed by atoms with Crippen molar-refractivity contribution in [3.63, 3.8) is 0 Å². The number of nitrogens with zero attached hydrogens (tertiary/aromatic N) is 3. The summed E-state index contributed by atoms with van der Waals surface area (Å²) in [7, 11) is 1.67. The highest BCUT2D eigenvalue weighted by Crippen LogP contribution is 2.28. The van der Waals surface area contributed by atoms with Crippen LogP contribution in [0, 0.1) is 11.3 Å². The molecule has 1 aliphatic heterocycles. The first kappa shape index (κ1) is 21.7. The van der Waals surface area contributed by atoms with Crippen molar-refractivity contribution in [3.8, 4) is 11.8 Å². The van der Waals surface area contributed by atoms with Crippen LogP contribution in [0.25, 0.3) is 0 Å². The van der Waals surface area contributed by atoms with E-state index in [0.717, 1.165) is 49.5 Å². The summed E-state index contributed by atoms with van der Waals surface area (Å²) in [5, 5.41) is 9.25. The molecular formula is C24H30N4O2. The summed E-state index contributed by atoms with van der Waals surface area (Å²) in [6.45, 7) is 4.68. The van der Waals surface area contributed by atoms with Gasteiger partial charge < -0.3 is 15.4 Å². The average molecular weight is 407 g/mol. The first-order chi connectivity index (χ1) is 14.5. The Balaban J connectivity index is 1.77. The second-order valence-electron chi connectivity index (χ2n) is 7.92. The Kier molecular flexibility index (Phi) is 7.31. The predicted molar refractivity (Wildman–Crippen MR) is 118 cm³/mol. The Morgan fingerprint density at radius 3 is 2.57 bits per heavy atom. The van der Waals surface area contributed by atoms with Crippen molar-refractivity contribution in [1.29, 1.82) is 5.26 Å². The maximum Gasteiger partial charge on any atom is 0.218 e. The Bertz CT molecular complexity index is 883. The summed E-state index contributed by atoms with van der Waals surface area (Å²) >= 11 is 0. The Morgan fingerprint density at radius 2 is 1.97 bits per heavy atom. The summed E-state index contributed by atoms with van der Waals surface area (Å²) in [6, 6.07) is 18.7. The van der Waals surface area contributed by atoms with Crippen LogP contribution in [0.2, 0.25) is 0 Å². The summed E-state index contributed by atoms with van der Waals surface area (Å²) in [5.41, 5.74) is 8.32. The summed E-state index contributed by atoms with van der Waals surface area (Å²) in [4.78, 5) is 16.0. The van der Waals surface area contributed by atoms with E-state index in [1.54, 1.807) is 7.11 Å². The van der Waals surface area contributed by atoms with Gasteiger partial charge in [0.15, 0.2) is 0 Å². The molecule has 30 heavy (non-hydrogen) atoms. The summed E-state index contributed by atoms with van der Waals surface area (Å²) in [5.74, 6) is 0.585. The Labute approximate surface area is 178 Å². The number of carbonyl (C=O) groups is 1. The molecule has 2 N–H and O–H groups in total. The van der Waals surface area contributed by atoms with E-state index in [2.05, 4.69) is 41.0 Å². The zero-order valence-electron chi connectivity index (χ0n) is 17.8. The third kappa shape index (κ3) is 5.52. The highest BCUT2D eigenvalue weighted by Gasteiger charge is 2.27. The minimum absolute atomic E-state index is 0.171. The van der Waals surface area contributed by atoms with Crippen LogP contribution in [0.4, 0.5) is 5.69 Å². The smallest absolute Gasteiger partial charge is 0.218 e. The second-order valence-corrected chi connectivity index (χ2v) is 7.92. The van der Waals surface area contributed by atoms with Crippen molar-refractivity contribution < 1.29 is 9.53 Å². The number of amides is 1. The van der Waals surface area contributed by atoms with Gasteiger partial charge in [-0.05, 0) is 61.7 Å². The fraction of sp³-hybridized carbons (Fsp3) is 0.417. The number of rotatable bonds is 8. The van der Waals surface area contributed by atoms with Gasteiger partial charge in [0.1, 0.15) is 5.75 Å². The van der Waals surface area contributed by atoms with Crippen molar-refractivity contribution in [3.05, 3.63) is 59.7 Å². The molecule has 0 radical (unpaired) electrons. The van der Waals surface area contributed by atoms with E-state index in [1.807, 2.05) is 30.3 Å². The molecule has 1 unspecified atom stereocenters. The number of methoxy groups -OCH3 is 1. The van der Waals surface area contributed by atoms with E-state index in [9.17, 15) is 10.1 Å². The molecule has 0 spiro atoms. The minimum Gasteiger partial charge on any atom is -0.497 e. The van der Waals surface area contributed by atoms with Crippen LogP contribution in [0.5, 0.6) is 5.75 Å². The largest absolute Gasteiger partial charge is 0.497 e. The van der Waals surface area contributed by atoms with Crippen LogP contribution in [0.3, 0.4) is 0 Å². The Morgan fingerprint density at radius 1 is 1.27 bits per heavy atom. The molecular weight excluding hydrogens is 376 g/mol. The molecule has 0 aliphatic carbocycles. The van der Waals surface area contributed by atoms with E-state index in [4.69, 9.17) is 10.5 Å². The molecule has 0 bridgehead atoms. The Hall–Kier alpha value is -3.04. The SMILES string of the molecule is COc1ccc(N(Cc2cccc(C#N)c2)C2CCN(C(C)CC(N)=O)CC2)cc1. The number of hydrogen-bond donors (Lipinski definition) is 1. The van der Waals surface area contributed by atoms with E-state index >= 15 is 0 Å². The van der Waals surface area contributed by atoms with Crippen molar-refractivity contribution in [2.45, 2.75) is 44.8 Å². The first-order valence-corrected chi connectivity index (χ1v) is 10.4. The van der Waals surface area contributed by atoms with Crippen LogP contribution in [-0.4, -0.2) is 43.1 Å². The molecule has 3 rings (SSSR count). The van der Waals surface area contributed by atoms with E-state index in [-0.39, 0.29) is 11.9 Å². The molecule has 2 aromatic rings. The molecule has 1 aliphatic rings. The molecule has 1 saturated heterocycles. The fourth-order valence-electron chi connectivity index (χ4n) is 4.20. The van der Waals surface area contributed by atoms with Gasteiger partial charge in [0, 0.05) is 43.8 Å². The van der Waals surface area contributed by atoms with Gasteiger partial charge in [0.05, 0.1) is 18.7 Å². The van der Waals surface area contributed by atoms with Crippen LogP contribution < -0.4 is 15.4 Å². The minimum atomic E-state index is -0.248. The highest BCUT2D eigenvalue weighted by molar-refractivity contribution is 5.74. The zero-order valence-corrected chi connectivity index (χ0v) is 17.8. The van der Waals surface area contributed by atoms with Gasteiger partial charge in [0.2, 0.25) is 5.91 Å². The molecule has 0 aromatic heterocycles. The molecule has 6 heteroatoms. The number of benzene rings is 2. The number of carbonyl (C=O) groups excluding carboxylic acids is 1. The summed E-state index contributed by atoms with van der Waals surface area (Å²) in [6.07, 6.45) is 2.41. The molecule has 1 atom stereocenters. The van der Waals surface area contributed by atoms with Crippen LogP contribution in [0.1, 0.15) is 37.3 Å². The highest BCUT2D eigenvalue weighted by atomic mass is 16.5. The molecule has 1 fully saturated rings. The lowest BCUT2D eigenvalue weighted by molar-refractivity contribution is -0.119. The average Bonchev–Trinajstić information content (AvgIpc) is 2.77. The number of primary amides is 1. The lowest BCUT2D eigenvalue weighted by Crippen LogP contribution is -2.48. The third-order valence-corrected chi connectivity index (χ3v) is 5.87. The van der Waals surface area contributed by atoms with Crippen molar-refractivity contribution >= 4 is 11.6 Å². The van der Waals surface area contributed by atoms with Gasteiger partial charge in [-0.2, -0.15) is 5.26 Å². The number of anilines is 1. The number of nitriles is 1. The van der Waals surface area contributed by atoms with Gasteiger partial charge in [0.25, 0.3) is 0 Å². The number of ether oxygens (including phenoxy) is 1. The van der Waals surface area contributed by atoms with Crippen LogP contribution >= 0.6 is 0 Å². The van der Waals surface area contributed by atoms with Gasteiger partial charge >= 0.3 is 0 Å². The van der Waals surface area contributed by atoms with E-state index < -0.39 is 0 Å². The van der Waals surface area contributed by atoms with E-state index in [1.165, 1.54) is 0 Å².